The maximum atomic E-state index is 12.3. The predicted octanol–water partition coefficient (Wildman–Crippen LogP) is 3.95. The van der Waals surface area contributed by atoms with Crippen molar-refractivity contribution in [3.63, 3.8) is 0 Å². The molecule has 0 aliphatic heterocycles. The largest absolute Gasteiger partial charge is 0.323 e. The minimum Gasteiger partial charge on any atom is -0.323 e. The Kier molecular flexibility index (Phi) is 5.16. The Bertz CT molecular complexity index is 769. The van der Waals surface area contributed by atoms with Gasteiger partial charge in [-0.2, -0.15) is 5.26 Å². The number of hydrogen-bond acceptors (Lipinski definition) is 3. The molecular weight excluding hydrogens is 323 g/mol. The number of ketones is 1. The zero-order valence-electron chi connectivity index (χ0n) is 11.2. The Morgan fingerprint density at radius 2 is 1.59 bits per heavy atom. The van der Waals surface area contributed by atoms with Crippen molar-refractivity contribution in [3.05, 3.63) is 64.1 Å². The summed E-state index contributed by atoms with van der Waals surface area (Å²) in [4.78, 5) is 24.5. The molecule has 0 saturated heterocycles. The predicted molar refractivity (Wildman–Crippen MR) is 85.0 cm³/mol. The maximum Gasteiger partial charge on any atom is 0.249 e. The molecule has 0 aromatic heterocycles. The van der Waals surface area contributed by atoms with Crippen LogP contribution in [-0.4, -0.2) is 11.7 Å². The zero-order chi connectivity index (χ0) is 16.1. The van der Waals surface area contributed by atoms with E-state index in [1.807, 2.05) is 0 Å². The lowest BCUT2D eigenvalue weighted by molar-refractivity contribution is -0.117. The van der Waals surface area contributed by atoms with E-state index in [2.05, 4.69) is 5.32 Å². The highest BCUT2D eigenvalue weighted by atomic mass is 35.5. The van der Waals surface area contributed by atoms with Gasteiger partial charge < -0.3 is 5.32 Å². The van der Waals surface area contributed by atoms with E-state index in [0.717, 1.165) is 0 Å². The number of rotatable bonds is 4. The van der Waals surface area contributed by atoms with Crippen LogP contribution in [0.3, 0.4) is 0 Å². The van der Waals surface area contributed by atoms with Gasteiger partial charge in [0.25, 0.3) is 0 Å². The number of nitriles is 1. The molecule has 0 radical (unpaired) electrons. The van der Waals surface area contributed by atoms with E-state index in [9.17, 15) is 9.59 Å². The summed E-state index contributed by atoms with van der Waals surface area (Å²) in [5.74, 6) is -2.91. The molecule has 2 aromatic carbocycles. The molecule has 2 aromatic rings. The molecular formula is C16H10Cl2N2O2. The van der Waals surface area contributed by atoms with Gasteiger partial charge in [0, 0.05) is 5.56 Å². The van der Waals surface area contributed by atoms with Gasteiger partial charge in [0.1, 0.15) is 0 Å². The molecule has 2 rings (SSSR count). The quantitative estimate of drug-likeness (QED) is 0.680. The highest BCUT2D eigenvalue weighted by molar-refractivity contribution is 6.35. The van der Waals surface area contributed by atoms with E-state index in [1.165, 1.54) is 12.1 Å². The molecule has 0 bridgehead atoms. The number of para-hydroxylation sites is 1. The van der Waals surface area contributed by atoms with Gasteiger partial charge in [0.05, 0.1) is 21.8 Å². The Morgan fingerprint density at radius 3 is 2.18 bits per heavy atom. The summed E-state index contributed by atoms with van der Waals surface area (Å²) in [5.41, 5.74) is 0.464. The minimum absolute atomic E-state index is 0.130. The van der Waals surface area contributed by atoms with Gasteiger partial charge in [0.15, 0.2) is 11.7 Å². The number of nitrogens with one attached hydrogen (secondary N) is 1. The molecule has 4 nitrogen and oxygen atoms in total. The molecule has 1 atom stereocenters. The van der Waals surface area contributed by atoms with Crippen LogP contribution < -0.4 is 5.32 Å². The lowest BCUT2D eigenvalue weighted by Gasteiger charge is -2.11. The molecule has 0 unspecified atom stereocenters. The third-order valence-electron chi connectivity index (χ3n) is 2.92. The summed E-state index contributed by atoms with van der Waals surface area (Å²) < 4.78 is 0. The van der Waals surface area contributed by atoms with Crippen LogP contribution in [0.15, 0.2) is 48.5 Å². The number of benzene rings is 2. The fourth-order valence-corrected chi connectivity index (χ4v) is 2.23. The topological polar surface area (TPSA) is 70.0 Å². The standard InChI is InChI=1S/C16H10Cl2N2O2/c17-12-6-2-1-5-10(12)15(21)11(9-19)16(22)20-14-8-4-3-7-13(14)18/h1-8,11H,(H,20,22)/t11-/m1/s1. The molecule has 0 aliphatic rings. The second-order valence-corrected chi connectivity index (χ2v) is 5.19. The third-order valence-corrected chi connectivity index (χ3v) is 3.58. The number of halogens is 2. The average Bonchev–Trinajstić information content (AvgIpc) is 2.50. The van der Waals surface area contributed by atoms with E-state index < -0.39 is 17.6 Å². The number of Topliss-reactive ketones (excluding diaryl/α,β-unsaturated/α-hetero) is 1. The molecule has 1 amide bonds. The first kappa shape index (κ1) is 16.0. The first-order valence-electron chi connectivity index (χ1n) is 6.28. The van der Waals surface area contributed by atoms with Gasteiger partial charge in [-0.1, -0.05) is 47.5 Å². The second-order valence-electron chi connectivity index (χ2n) is 4.38. The van der Waals surface area contributed by atoms with Crippen molar-refractivity contribution in [2.24, 2.45) is 5.92 Å². The van der Waals surface area contributed by atoms with E-state index in [0.29, 0.717) is 10.7 Å². The fourth-order valence-electron chi connectivity index (χ4n) is 1.82. The van der Waals surface area contributed by atoms with Crippen molar-refractivity contribution >= 4 is 40.6 Å². The minimum atomic E-state index is -1.50. The summed E-state index contributed by atoms with van der Waals surface area (Å²) in [7, 11) is 0. The van der Waals surface area contributed by atoms with Gasteiger partial charge >= 0.3 is 0 Å². The maximum absolute atomic E-state index is 12.3. The van der Waals surface area contributed by atoms with Crippen molar-refractivity contribution in [2.75, 3.05) is 5.32 Å². The first-order valence-corrected chi connectivity index (χ1v) is 7.04. The highest BCUT2D eigenvalue weighted by Gasteiger charge is 2.29. The molecule has 0 spiro atoms. The average molecular weight is 333 g/mol. The smallest absolute Gasteiger partial charge is 0.249 e. The molecule has 22 heavy (non-hydrogen) atoms. The van der Waals surface area contributed by atoms with Gasteiger partial charge in [0.2, 0.25) is 5.91 Å². The Labute approximate surface area is 137 Å². The summed E-state index contributed by atoms with van der Waals surface area (Å²) in [6.45, 7) is 0. The van der Waals surface area contributed by atoms with E-state index in [4.69, 9.17) is 28.5 Å². The molecule has 1 N–H and O–H groups in total. The lowest BCUT2D eigenvalue weighted by Crippen LogP contribution is -2.29. The van der Waals surface area contributed by atoms with Crippen molar-refractivity contribution in [2.45, 2.75) is 0 Å². The van der Waals surface area contributed by atoms with Crippen LogP contribution in [0.2, 0.25) is 10.0 Å². The second kappa shape index (κ2) is 7.08. The first-order chi connectivity index (χ1) is 10.5. The molecule has 0 aliphatic carbocycles. The van der Waals surface area contributed by atoms with E-state index in [-0.39, 0.29) is 10.6 Å². The summed E-state index contributed by atoms with van der Waals surface area (Å²) >= 11 is 11.9. The molecule has 0 saturated carbocycles. The van der Waals surface area contributed by atoms with Crippen LogP contribution in [0.25, 0.3) is 0 Å². The van der Waals surface area contributed by atoms with Gasteiger partial charge in [-0.05, 0) is 24.3 Å². The molecule has 0 heterocycles. The van der Waals surface area contributed by atoms with Crippen LogP contribution in [0.5, 0.6) is 0 Å². The number of carbonyl (C=O) groups excluding carboxylic acids is 2. The normalized spacial score (nSPS) is 11.3. The van der Waals surface area contributed by atoms with E-state index in [1.54, 1.807) is 42.5 Å². The van der Waals surface area contributed by atoms with Gasteiger partial charge in [-0.3, -0.25) is 9.59 Å². The van der Waals surface area contributed by atoms with Gasteiger partial charge in [-0.15, -0.1) is 0 Å². The third kappa shape index (κ3) is 3.45. The Morgan fingerprint density at radius 1 is 1.00 bits per heavy atom. The fraction of sp³-hybridized carbons (Fsp3) is 0.0625. The van der Waals surface area contributed by atoms with Crippen LogP contribution in [0, 0.1) is 17.2 Å². The Hall–Kier alpha value is -2.35. The summed E-state index contributed by atoms with van der Waals surface area (Å²) in [6.07, 6.45) is 0. The van der Waals surface area contributed by atoms with Crippen LogP contribution in [0.4, 0.5) is 5.69 Å². The van der Waals surface area contributed by atoms with Crippen molar-refractivity contribution in [1.29, 1.82) is 5.26 Å². The highest BCUT2D eigenvalue weighted by Crippen LogP contribution is 2.23. The van der Waals surface area contributed by atoms with Crippen molar-refractivity contribution in [3.8, 4) is 6.07 Å². The number of hydrogen-bond donors (Lipinski definition) is 1. The zero-order valence-corrected chi connectivity index (χ0v) is 12.7. The molecule has 6 heteroatoms. The SMILES string of the molecule is N#C[C@@H](C(=O)Nc1ccccc1Cl)C(=O)c1ccccc1Cl. The lowest BCUT2D eigenvalue weighted by atomic mass is 9.98. The molecule has 110 valence electrons. The summed E-state index contributed by atoms with van der Waals surface area (Å²) in [6, 6.07) is 14.5. The number of amides is 1. The van der Waals surface area contributed by atoms with Crippen molar-refractivity contribution in [1.82, 2.24) is 0 Å². The number of nitrogens with zero attached hydrogens (tertiary/aromatic N) is 1. The van der Waals surface area contributed by atoms with E-state index >= 15 is 0 Å². The molecule has 0 fully saturated rings. The van der Waals surface area contributed by atoms with Crippen LogP contribution in [0.1, 0.15) is 10.4 Å². The van der Waals surface area contributed by atoms with Crippen molar-refractivity contribution < 1.29 is 9.59 Å². The van der Waals surface area contributed by atoms with Crippen LogP contribution in [-0.2, 0) is 4.79 Å². The van der Waals surface area contributed by atoms with Crippen LogP contribution >= 0.6 is 23.2 Å². The van der Waals surface area contributed by atoms with Gasteiger partial charge in [-0.25, -0.2) is 0 Å². The number of anilines is 1. The monoisotopic (exact) mass is 332 g/mol. The summed E-state index contributed by atoms with van der Waals surface area (Å²) in [5, 5.41) is 12.1. The Balaban J connectivity index is 2.24. The number of carbonyl (C=O) groups is 2.